The van der Waals surface area contributed by atoms with Gasteiger partial charge < -0.3 is 14.8 Å². The van der Waals surface area contributed by atoms with E-state index in [1.54, 1.807) is 30.3 Å². The summed E-state index contributed by atoms with van der Waals surface area (Å²) in [6.45, 7) is 1.44. The normalized spacial score (nSPS) is 14.7. The molecule has 0 bridgehead atoms. The number of ether oxygens (including phenoxy) is 2. The summed E-state index contributed by atoms with van der Waals surface area (Å²) >= 11 is 7.40. The number of amidine groups is 1. The summed E-state index contributed by atoms with van der Waals surface area (Å²) in [5.74, 6) is -0.457. The molecule has 6 nitrogen and oxygen atoms in total. The SMILES string of the molecule is COc1cc(/C=C2/SC(NC(C)=O)=NC2=O)cc(Cl)c1OCc1cccc(F)c1. The first-order chi connectivity index (χ1) is 13.9. The van der Waals surface area contributed by atoms with E-state index >= 15 is 0 Å². The van der Waals surface area contributed by atoms with Crippen molar-refractivity contribution < 1.29 is 23.5 Å². The predicted molar refractivity (Wildman–Crippen MR) is 111 cm³/mol. The summed E-state index contributed by atoms with van der Waals surface area (Å²) in [7, 11) is 1.46. The second kappa shape index (κ2) is 9.11. The minimum atomic E-state index is -0.458. The monoisotopic (exact) mass is 434 g/mol. The lowest BCUT2D eigenvalue weighted by atomic mass is 10.1. The smallest absolute Gasteiger partial charge is 0.286 e. The van der Waals surface area contributed by atoms with Crippen LogP contribution in [0.5, 0.6) is 11.5 Å². The molecule has 29 heavy (non-hydrogen) atoms. The molecule has 3 rings (SSSR count). The van der Waals surface area contributed by atoms with Gasteiger partial charge in [0.1, 0.15) is 12.4 Å². The third-order valence-corrected chi connectivity index (χ3v) is 4.91. The Morgan fingerprint density at radius 1 is 1.34 bits per heavy atom. The molecule has 0 saturated heterocycles. The number of thioether (sulfide) groups is 1. The van der Waals surface area contributed by atoms with Crippen molar-refractivity contribution in [1.29, 1.82) is 0 Å². The van der Waals surface area contributed by atoms with Gasteiger partial charge in [-0.3, -0.25) is 9.59 Å². The molecule has 150 valence electrons. The summed E-state index contributed by atoms with van der Waals surface area (Å²) in [5.41, 5.74) is 1.24. The van der Waals surface area contributed by atoms with Gasteiger partial charge in [0.05, 0.1) is 17.0 Å². The molecule has 0 aromatic heterocycles. The van der Waals surface area contributed by atoms with E-state index in [-0.39, 0.29) is 28.5 Å². The van der Waals surface area contributed by atoms with Crippen LogP contribution in [-0.2, 0) is 16.2 Å². The van der Waals surface area contributed by atoms with Crippen LogP contribution in [0, 0.1) is 5.82 Å². The highest BCUT2D eigenvalue weighted by Crippen LogP contribution is 2.38. The quantitative estimate of drug-likeness (QED) is 0.714. The first-order valence-corrected chi connectivity index (χ1v) is 9.60. The Morgan fingerprint density at radius 3 is 2.83 bits per heavy atom. The van der Waals surface area contributed by atoms with Crippen molar-refractivity contribution in [3.05, 3.63) is 63.3 Å². The van der Waals surface area contributed by atoms with E-state index in [2.05, 4.69) is 10.3 Å². The first-order valence-electron chi connectivity index (χ1n) is 8.40. The van der Waals surface area contributed by atoms with Crippen LogP contribution in [0.1, 0.15) is 18.1 Å². The maximum atomic E-state index is 13.3. The second-order valence-corrected chi connectivity index (χ2v) is 7.40. The van der Waals surface area contributed by atoms with Crippen LogP contribution < -0.4 is 14.8 Å². The molecular weight excluding hydrogens is 419 g/mol. The van der Waals surface area contributed by atoms with Gasteiger partial charge in [-0.2, -0.15) is 4.99 Å². The average Bonchev–Trinajstić information content (AvgIpc) is 2.98. The first kappa shape index (κ1) is 20.9. The van der Waals surface area contributed by atoms with Gasteiger partial charge in [-0.1, -0.05) is 23.7 Å². The van der Waals surface area contributed by atoms with Gasteiger partial charge in [-0.15, -0.1) is 0 Å². The Labute approximate surface area is 175 Å². The molecule has 2 aromatic carbocycles. The van der Waals surface area contributed by atoms with Crippen LogP contribution in [0.4, 0.5) is 4.39 Å². The number of methoxy groups -OCH3 is 1. The van der Waals surface area contributed by atoms with Gasteiger partial charge in [0, 0.05) is 6.92 Å². The third kappa shape index (κ3) is 5.36. The summed E-state index contributed by atoms with van der Waals surface area (Å²) < 4.78 is 24.4. The van der Waals surface area contributed by atoms with Crippen LogP contribution in [0.2, 0.25) is 5.02 Å². The van der Waals surface area contributed by atoms with Gasteiger partial charge >= 0.3 is 0 Å². The number of hydrogen-bond acceptors (Lipinski definition) is 5. The molecular formula is C20H16ClFN2O4S. The Morgan fingerprint density at radius 2 is 2.14 bits per heavy atom. The van der Waals surface area contributed by atoms with E-state index in [0.29, 0.717) is 27.5 Å². The van der Waals surface area contributed by atoms with Crippen molar-refractivity contribution >= 4 is 46.4 Å². The van der Waals surface area contributed by atoms with Crippen LogP contribution >= 0.6 is 23.4 Å². The molecule has 0 saturated carbocycles. The van der Waals surface area contributed by atoms with Crippen molar-refractivity contribution in [1.82, 2.24) is 5.32 Å². The minimum absolute atomic E-state index is 0.108. The Hall–Kier alpha value is -2.84. The van der Waals surface area contributed by atoms with Crippen molar-refractivity contribution in [3.63, 3.8) is 0 Å². The highest BCUT2D eigenvalue weighted by molar-refractivity contribution is 8.18. The van der Waals surface area contributed by atoms with Gasteiger partial charge in [0.15, 0.2) is 16.7 Å². The number of benzene rings is 2. The lowest BCUT2D eigenvalue weighted by molar-refractivity contribution is -0.117. The van der Waals surface area contributed by atoms with Crippen molar-refractivity contribution in [2.45, 2.75) is 13.5 Å². The summed E-state index contributed by atoms with van der Waals surface area (Å²) in [6, 6.07) is 9.32. The molecule has 9 heteroatoms. The average molecular weight is 435 g/mol. The fourth-order valence-corrected chi connectivity index (χ4v) is 3.64. The highest BCUT2D eigenvalue weighted by atomic mass is 35.5. The largest absolute Gasteiger partial charge is 0.493 e. The van der Waals surface area contributed by atoms with E-state index in [1.165, 1.54) is 26.2 Å². The third-order valence-electron chi connectivity index (χ3n) is 3.73. The molecule has 0 fully saturated rings. The number of aliphatic imine (C=N–C) groups is 1. The summed E-state index contributed by atoms with van der Waals surface area (Å²) in [5, 5.41) is 2.98. The molecule has 0 spiro atoms. The molecule has 0 unspecified atom stereocenters. The van der Waals surface area contributed by atoms with Gasteiger partial charge in [0.25, 0.3) is 5.91 Å². The van der Waals surface area contributed by atoms with Crippen molar-refractivity contribution in [3.8, 4) is 11.5 Å². The maximum absolute atomic E-state index is 13.3. The van der Waals surface area contributed by atoms with E-state index in [4.69, 9.17) is 21.1 Å². The van der Waals surface area contributed by atoms with Crippen LogP contribution in [0.15, 0.2) is 46.3 Å². The Kier molecular flexibility index (Phi) is 6.56. The molecule has 0 radical (unpaired) electrons. The summed E-state index contributed by atoms with van der Waals surface area (Å²) in [6.07, 6.45) is 1.59. The standard InChI is InChI=1S/C20H16ClFN2O4S/c1-11(25)23-20-24-19(26)17(29-20)9-13-7-15(21)18(16(8-13)27-2)28-10-12-4-3-5-14(22)6-12/h3-9H,10H2,1-2H3,(H,23,24,25,26)/b17-9+. The molecule has 1 aliphatic rings. The second-order valence-electron chi connectivity index (χ2n) is 5.97. The number of carbonyl (C=O) groups excluding carboxylic acids is 2. The Bertz CT molecular complexity index is 1040. The van der Waals surface area contributed by atoms with Crippen LogP contribution in [0.3, 0.4) is 0 Å². The molecule has 2 aromatic rings. The van der Waals surface area contributed by atoms with Crippen molar-refractivity contribution in [2.24, 2.45) is 4.99 Å². The molecule has 1 heterocycles. The molecule has 0 aliphatic carbocycles. The van der Waals surface area contributed by atoms with Gasteiger partial charge in [-0.05, 0) is 53.2 Å². The van der Waals surface area contributed by atoms with E-state index < -0.39 is 5.91 Å². The predicted octanol–water partition coefficient (Wildman–Crippen LogP) is 4.17. The maximum Gasteiger partial charge on any atom is 0.286 e. The van der Waals surface area contributed by atoms with E-state index in [1.807, 2.05) is 0 Å². The zero-order valence-electron chi connectivity index (χ0n) is 15.5. The van der Waals surface area contributed by atoms with Crippen molar-refractivity contribution in [2.75, 3.05) is 7.11 Å². The molecule has 0 atom stereocenters. The molecule has 1 N–H and O–H groups in total. The lowest BCUT2D eigenvalue weighted by Gasteiger charge is -2.13. The summed E-state index contributed by atoms with van der Waals surface area (Å²) in [4.78, 5) is 27.2. The van der Waals surface area contributed by atoms with Gasteiger partial charge in [0.2, 0.25) is 5.91 Å². The van der Waals surface area contributed by atoms with Gasteiger partial charge in [-0.25, -0.2) is 4.39 Å². The van der Waals surface area contributed by atoms with Crippen LogP contribution in [-0.4, -0.2) is 24.1 Å². The fourth-order valence-electron chi connectivity index (χ4n) is 2.51. The number of nitrogens with zero attached hydrogens (tertiary/aromatic N) is 1. The molecule has 1 aliphatic heterocycles. The molecule has 2 amide bonds. The fraction of sp³-hybridized carbons (Fsp3) is 0.150. The zero-order chi connectivity index (χ0) is 21.0. The van der Waals surface area contributed by atoms with Crippen LogP contribution in [0.25, 0.3) is 6.08 Å². The highest BCUT2D eigenvalue weighted by Gasteiger charge is 2.23. The minimum Gasteiger partial charge on any atom is -0.493 e. The van der Waals surface area contributed by atoms with E-state index in [0.717, 1.165) is 11.8 Å². The zero-order valence-corrected chi connectivity index (χ0v) is 17.1. The number of rotatable bonds is 5. The number of amides is 2. The topological polar surface area (TPSA) is 77.0 Å². The number of halogens is 2. The number of hydrogen-bond donors (Lipinski definition) is 1. The number of nitrogens with one attached hydrogen (secondary N) is 1. The number of carbonyl (C=O) groups is 2. The Balaban J connectivity index is 1.80. The lowest BCUT2D eigenvalue weighted by Crippen LogP contribution is -2.23. The van der Waals surface area contributed by atoms with E-state index in [9.17, 15) is 14.0 Å².